The molecule has 0 bridgehead atoms. The number of hydrogen-bond acceptors (Lipinski definition) is 8. The van der Waals surface area contributed by atoms with Gasteiger partial charge in [0.1, 0.15) is 24.1 Å². The minimum absolute atomic E-state index is 0.120. The minimum atomic E-state index is -0.994. The zero-order chi connectivity index (χ0) is 25.4. The van der Waals surface area contributed by atoms with E-state index in [0.29, 0.717) is 11.5 Å². The van der Waals surface area contributed by atoms with Gasteiger partial charge in [0.15, 0.2) is 0 Å². The van der Waals surface area contributed by atoms with Gasteiger partial charge in [-0.3, -0.25) is 4.79 Å². The Balaban J connectivity index is 2.18. The summed E-state index contributed by atoms with van der Waals surface area (Å²) in [6.07, 6.45) is 0. The highest BCUT2D eigenvalue weighted by molar-refractivity contribution is 5.98. The molecule has 1 unspecified atom stereocenters. The van der Waals surface area contributed by atoms with Crippen LogP contribution in [0.25, 0.3) is 0 Å². The summed E-state index contributed by atoms with van der Waals surface area (Å²) >= 11 is 0. The predicted molar refractivity (Wildman–Crippen MR) is 121 cm³/mol. The van der Waals surface area contributed by atoms with E-state index in [4.69, 9.17) is 18.9 Å². The van der Waals surface area contributed by atoms with Gasteiger partial charge in [-0.2, -0.15) is 0 Å². The number of benzene rings is 1. The van der Waals surface area contributed by atoms with E-state index < -0.39 is 36.0 Å². The van der Waals surface area contributed by atoms with E-state index >= 15 is 0 Å². The standard InChI is InChI=1S/C23H31N3O8/c1-7-33-21(28)18-13(4)24-23(30)25-17(18)11-34-22(29)19(12(2)3)26-20(27)14-8-15(31-5)10-16(9-14)32-6/h8-10,12-13,19H,7,11H2,1-6H3,(H,26,27)(H2,24,25,30)/t13?,19-/m0/s1. The maximum absolute atomic E-state index is 12.9. The Bertz CT molecular complexity index is 951. The third-order valence-electron chi connectivity index (χ3n) is 5.05. The molecular weight excluding hydrogens is 446 g/mol. The lowest BCUT2D eigenvalue weighted by Crippen LogP contribution is -2.50. The van der Waals surface area contributed by atoms with Gasteiger partial charge in [-0.1, -0.05) is 13.8 Å². The predicted octanol–water partition coefficient (Wildman–Crippen LogP) is 1.52. The number of nitrogens with one attached hydrogen (secondary N) is 3. The quantitative estimate of drug-likeness (QED) is 0.431. The van der Waals surface area contributed by atoms with Crippen molar-refractivity contribution >= 4 is 23.9 Å². The van der Waals surface area contributed by atoms with E-state index in [9.17, 15) is 19.2 Å². The summed E-state index contributed by atoms with van der Waals surface area (Å²) in [5, 5.41) is 7.71. The Kier molecular flexibility index (Phi) is 9.28. The van der Waals surface area contributed by atoms with Crippen LogP contribution in [0.4, 0.5) is 4.79 Å². The number of carbonyl (C=O) groups excluding carboxylic acids is 4. The normalized spacial score (nSPS) is 16.2. The number of urea groups is 1. The molecule has 0 aromatic heterocycles. The molecule has 0 spiro atoms. The average Bonchev–Trinajstić information content (AvgIpc) is 2.79. The third kappa shape index (κ3) is 6.63. The zero-order valence-corrected chi connectivity index (χ0v) is 20.1. The summed E-state index contributed by atoms with van der Waals surface area (Å²) in [5.41, 5.74) is 0.513. The molecule has 3 N–H and O–H groups in total. The molecule has 186 valence electrons. The highest BCUT2D eigenvalue weighted by atomic mass is 16.5. The van der Waals surface area contributed by atoms with Crippen LogP contribution in [0.5, 0.6) is 11.5 Å². The number of ether oxygens (including phenoxy) is 4. The highest BCUT2D eigenvalue weighted by Crippen LogP contribution is 2.23. The first-order chi connectivity index (χ1) is 16.1. The van der Waals surface area contributed by atoms with Crippen molar-refractivity contribution in [1.29, 1.82) is 0 Å². The lowest BCUT2D eigenvalue weighted by molar-refractivity contribution is -0.146. The monoisotopic (exact) mass is 477 g/mol. The first-order valence-electron chi connectivity index (χ1n) is 10.8. The molecular formula is C23H31N3O8. The van der Waals surface area contributed by atoms with Gasteiger partial charge in [0.25, 0.3) is 5.91 Å². The Hall–Kier alpha value is -3.76. The number of methoxy groups -OCH3 is 2. The van der Waals surface area contributed by atoms with Gasteiger partial charge in [-0.25, -0.2) is 14.4 Å². The van der Waals surface area contributed by atoms with E-state index in [1.807, 2.05) is 0 Å². The first-order valence-corrected chi connectivity index (χ1v) is 10.8. The fourth-order valence-electron chi connectivity index (χ4n) is 3.29. The van der Waals surface area contributed by atoms with Gasteiger partial charge in [0.2, 0.25) is 0 Å². The molecule has 0 radical (unpaired) electrons. The number of rotatable bonds is 10. The molecule has 1 aromatic rings. The summed E-state index contributed by atoms with van der Waals surface area (Å²) in [5.74, 6) is -1.36. The molecule has 2 atom stereocenters. The van der Waals surface area contributed by atoms with Crippen molar-refractivity contribution in [3.05, 3.63) is 35.0 Å². The fraction of sp³-hybridized carbons (Fsp3) is 0.478. The van der Waals surface area contributed by atoms with Gasteiger partial charge in [-0.15, -0.1) is 0 Å². The van der Waals surface area contributed by atoms with Gasteiger partial charge >= 0.3 is 18.0 Å². The number of hydrogen-bond donors (Lipinski definition) is 3. The SMILES string of the molecule is CCOC(=O)C1=C(COC(=O)[C@@H](NC(=O)c2cc(OC)cc(OC)c2)C(C)C)NC(=O)NC1C. The van der Waals surface area contributed by atoms with Crippen molar-refractivity contribution in [2.75, 3.05) is 27.4 Å². The lowest BCUT2D eigenvalue weighted by atomic mass is 10.0. The van der Waals surface area contributed by atoms with Crippen LogP contribution in [-0.4, -0.2) is 63.4 Å². The summed E-state index contributed by atoms with van der Waals surface area (Å²) in [6.45, 7) is 6.54. The van der Waals surface area contributed by atoms with E-state index in [1.54, 1.807) is 33.8 Å². The Morgan fingerprint density at radius 1 is 1.06 bits per heavy atom. The van der Waals surface area contributed by atoms with Gasteiger partial charge in [0.05, 0.1) is 38.1 Å². The smallest absolute Gasteiger partial charge is 0.338 e. The van der Waals surface area contributed by atoms with E-state index in [2.05, 4.69) is 16.0 Å². The van der Waals surface area contributed by atoms with Crippen LogP contribution >= 0.6 is 0 Å². The molecule has 3 amide bonds. The summed E-state index contributed by atoms with van der Waals surface area (Å²) in [6, 6.07) is 2.49. The maximum Gasteiger partial charge on any atom is 0.338 e. The summed E-state index contributed by atoms with van der Waals surface area (Å²) in [7, 11) is 2.93. The van der Waals surface area contributed by atoms with Crippen LogP contribution in [0, 0.1) is 5.92 Å². The Morgan fingerprint density at radius 3 is 2.21 bits per heavy atom. The molecule has 1 aliphatic heterocycles. The number of esters is 2. The molecule has 0 fully saturated rings. The largest absolute Gasteiger partial charge is 0.497 e. The van der Waals surface area contributed by atoms with E-state index in [-0.39, 0.29) is 36.0 Å². The number of carbonyl (C=O) groups is 4. The molecule has 0 saturated carbocycles. The fourth-order valence-corrected chi connectivity index (χ4v) is 3.29. The van der Waals surface area contributed by atoms with Gasteiger partial charge in [-0.05, 0) is 31.9 Å². The van der Waals surface area contributed by atoms with Crippen molar-refractivity contribution in [3.63, 3.8) is 0 Å². The molecule has 0 aliphatic carbocycles. The summed E-state index contributed by atoms with van der Waals surface area (Å²) in [4.78, 5) is 49.9. The second-order valence-electron chi connectivity index (χ2n) is 7.84. The van der Waals surface area contributed by atoms with Crippen molar-refractivity contribution < 1.29 is 38.1 Å². The number of amides is 3. The molecule has 1 aromatic carbocycles. The van der Waals surface area contributed by atoms with Crippen LogP contribution in [0.1, 0.15) is 38.1 Å². The van der Waals surface area contributed by atoms with E-state index in [0.717, 1.165) is 0 Å². The van der Waals surface area contributed by atoms with E-state index in [1.165, 1.54) is 26.4 Å². The van der Waals surface area contributed by atoms with Crippen LogP contribution < -0.4 is 25.4 Å². The van der Waals surface area contributed by atoms with Crippen LogP contribution in [0.2, 0.25) is 0 Å². The van der Waals surface area contributed by atoms with Crippen LogP contribution in [0.15, 0.2) is 29.5 Å². The van der Waals surface area contributed by atoms with Crippen molar-refractivity contribution in [2.24, 2.45) is 5.92 Å². The molecule has 11 heteroatoms. The zero-order valence-electron chi connectivity index (χ0n) is 20.1. The topological polar surface area (TPSA) is 141 Å². The highest BCUT2D eigenvalue weighted by Gasteiger charge is 2.32. The molecule has 34 heavy (non-hydrogen) atoms. The molecule has 11 nitrogen and oxygen atoms in total. The van der Waals surface area contributed by atoms with Crippen molar-refractivity contribution in [2.45, 2.75) is 39.8 Å². The Labute approximate surface area is 198 Å². The minimum Gasteiger partial charge on any atom is -0.497 e. The summed E-state index contributed by atoms with van der Waals surface area (Å²) < 4.78 is 20.8. The third-order valence-corrected chi connectivity index (χ3v) is 5.05. The molecule has 1 aliphatic rings. The first kappa shape index (κ1) is 26.5. The second kappa shape index (κ2) is 11.9. The molecule has 0 saturated heterocycles. The average molecular weight is 478 g/mol. The second-order valence-corrected chi connectivity index (χ2v) is 7.84. The maximum atomic E-state index is 12.9. The van der Waals surface area contributed by atoms with Crippen molar-refractivity contribution in [3.8, 4) is 11.5 Å². The lowest BCUT2D eigenvalue weighted by Gasteiger charge is -2.27. The Morgan fingerprint density at radius 2 is 1.68 bits per heavy atom. The van der Waals surface area contributed by atoms with Crippen LogP contribution in [-0.2, 0) is 19.1 Å². The van der Waals surface area contributed by atoms with Gasteiger partial charge in [0, 0.05) is 11.6 Å². The molecule has 2 rings (SSSR count). The van der Waals surface area contributed by atoms with Gasteiger partial charge < -0.3 is 34.9 Å². The van der Waals surface area contributed by atoms with Crippen LogP contribution in [0.3, 0.4) is 0 Å². The molecule has 1 heterocycles. The van der Waals surface area contributed by atoms with Crippen molar-refractivity contribution in [1.82, 2.24) is 16.0 Å².